The lowest BCUT2D eigenvalue weighted by atomic mass is 9.90. The number of para-hydroxylation sites is 1. The minimum absolute atomic E-state index is 0.416. The zero-order valence-corrected chi connectivity index (χ0v) is 9.77. The third-order valence-electron chi connectivity index (χ3n) is 2.97. The van der Waals surface area contributed by atoms with Gasteiger partial charge in [-0.25, -0.2) is 0 Å². The molecule has 0 saturated carbocycles. The standard InChI is InChI=1S/C13H13N3O/c1-13(2)9-7-11(14)15-16-12(9)8-5-3-4-6-10(8)17-13/h3-7H,1-2H3,(H2,14,15). The van der Waals surface area contributed by atoms with E-state index in [0.29, 0.717) is 5.82 Å². The van der Waals surface area contributed by atoms with Crippen LogP contribution >= 0.6 is 0 Å². The van der Waals surface area contributed by atoms with Crippen LogP contribution in [0.25, 0.3) is 11.3 Å². The maximum atomic E-state index is 5.98. The normalized spacial score (nSPS) is 15.6. The van der Waals surface area contributed by atoms with Crippen molar-refractivity contribution in [1.29, 1.82) is 0 Å². The summed E-state index contributed by atoms with van der Waals surface area (Å²) in [4.78, 5) is 0. The number of rotatable bonds is 0. The van der Waals surface area contributed by atoms with Crippen LogP contribution < -0.4 is 10.5 Å². The zero-order valence-electron chi connectivity index (χ0n) is 9.77. The predicted molar refractivity (Wildman–Crippen MR) is 65.5 cm³/mol. The topological polar surface area (TPSA) is 61.0 Å². The van der Waals surface area contributed by atoms with E-state index in [9.17, 15) is 0 Å². The number of nitrogens with zero attached hydrogens (tertiary/aromatic N) is 2. The molecular weight excluding hydrogens is 214 g/mol. The van der Waals surface area contributed by atoms with Crippen LogP contribution in [-0.2, 0) is 5.60 Å². The SMILES string of the molecule is CC1(C)Oc2ccccc2-c2nnc(N)cc21. The molecule has 86 valence electrons. The van der Waals surface area contributed by atoms with E-state index in [1.165, 1.54) is 0 Å². The number of aromatic nitrogens is 2. The van der Waals surface area contributed by atoms with Crippen LogP contribution in [0.15, 0.2) is 30.3 Å². The number of fused-ring (bicyclic) bond motifs is 3. The Kier molecular flexibility index (Phi) is 1.90. The van der Waals surface area contributed by atoms with Gasteiger partial charge in [-0.2, -0.15) is 0 Å². The van der Waals surface area contributed by atoms with E-state index in [1.54, 1.807) is 0 Å². The number of benzene rings is 1. The first-order valence-corrected chi connectivity index (χ1v) is 5.50. The molecule has 4 nitrogen and oxygen atoms in total. The lowest BCUT2D eigenvalue weighted by Crippen LogP contribution is -2.30. The van der Waals surface area contributed by atoms with E-state index < -0.39 is 5.60 Å². The van der Waals surface area contributed by atoms with Crippen molar-refractivity contribution in [3.8, 4) is 17.0 Å². The summed E-state index contributed by atoms with van der Waals surface area (Å²) in [5, 5.41) is 8.13. The molecule has 2 heterocycles. The van der Waals surface area contributed by atoms with Crippen molar-refractivity contribution in [1.82, 2.24) is 10.2 Å². The van der Waals surface area contributed by atoms with E-state index in [1.807, 2.05) is 44.2 Å². The quantitative estimate of drug-likeness (QED) is 0.750. The second kappa shape index (κ2) is 3.20. The number of ether oxygens (including phenoxy) is 1. The first-order valence-electron chi connectivity index (χ1n) is 5.50. The van der Waals surface area contributed by atoms with Crippen molar-refractivity contribution in [3.05, 3.63) is 35.9 Å². The second-order valence-electron chi connectivity index (χ2n) is 4.64. The fraction of sp³-hybridized carbons (Fsp3) is 0.231. The molecule has 1 aliphatic rings. The van der Waals surface area contributed by atoms with Crippen molar-refractivity contribution < 1.29 is 4.74 Å². The lowest BCUT2D eigenvalue weighted by molar-refractivity contribution is 0.105. The van der Waals surface area contributed by atoms with Gasteiger partial charge in [0.05, 0.1) is 0 Å². The highest BCUT2D eigenvalue weighted by molar-refractivity contribution is 5.73. The largest absolute Gasteiger partial charge is 0.482 e. The monoisotopic (exact) mass is 227 g/mol. The second-order valence-corrected chi connectivity index (χ2v) is 4.64. The van der Waals surface area contributed by atoms with Gasteiger partial charge in [-0.05, 0) is 32.0 Å². The van der Waals surface area contributed by atoms with Crippen LogP contribution in [0.2, 0.25) is 0 Å². The Labute approximate surface area is 99.4 Å². The molecule has 0 saturated heterocycles. The fourth-order valence-corrected chi connectivity index (χ4v) is 2.15. The maximum Gasteiger partial charge on any atom is 0.146 e. The van der Waals surface area contributed by atoms with Crippen molar-refractivity contribution in [2.45, 2.75) is 19.4 Å². The van der Waals surface area contributed by atoms with Crippen molar-refractivity contribution >= 4 is 5.82 Å². The molecule has 0 bridgehead atoms. The van der Waals surface area contributed by atoms with E-state index >= 15 is 0 Å². The summed E-state index contributed by atoms with van der Waals surface area (Å²) in [6.07, 6.45) is 0. The van der Waals surface area contributed by atoms with Gasteiger partial charge in [-0.15, -0.1) is 10.2 Å². The highest BCUT2D eigenvalue weighted by atomic mass is 16.5. The van der Waals surface area contributed by atoms with Gasteiger partial charge in [0, 0.05) is 11.1 Å². The molecule has 2 N–H and O–H groups in total. The summed E-state index contributed by atoms with van der Waals surface area (Å²) in [6, 6.07) is 9.66. The molecule has 0 atom stereocenters. The Hall–Kier alpha value is -2.10. The third-order valence-corrected chi connectivity index (χ3v) is 2.97. The van der Waals surface area contributed by atoms with Gasteiger partial charge in [0.2, 0.25) is 0 Å². The van der Waals surface area contributed by atoms with Gasteiger partial charge in [0.25, 0.3) is 0 Å². The van der Waals surface area contributed by atoms with Gasteiger partial charge < -0.3 is 10.5 Å². The molecule has 17 heavy (non-hydrogen) atoms. The highest BCUT2D eigenvalue weighted by Gasteiger charge is 2.33. The molecule has 3 rings (SSSR count). The smallest absolute Gasteiger partial charge is 0.146 e. The van der Waals surface area contributed by atoms with Crippen LogP contribution in [0, 0.1) is 0 Å². The number of hydrogen-bond acceptors (Lipinski definition) is 4. The molecule has 0 aliphatic carbocycles. The number of hydrogen-bond donors (Lipinski definition) is 1. The van der Waals surface area contributed by atoms with Crippen molar-refractivity contribution in [3.63, 3.8) is 0 Å². The van der Waals surface area contributed by atoms with Crippen LogP contribution in [0.1, 0.15) is 19.4 Å². The molecule has 0 fully saturated rings. The van der Waals surface area contributed by atoms with Crippen molar-refractivity contribution in [2.24, 2.45) is 0 Å². The van der Waals surface area contributed by atoms with Crippen LogP contribution in [0.3, 0.4) is 0 Å². The summed E-state index contributed by atoms with van der Waals surface area (Å²) >= 11 is 0. The summed E-state index contributed by atoms with van der Waals surface area (Å²) in [5.74, 6) is 1.25. The summed E-state index contributed by atoms with van der Waals surface area (Å²) in [7, 11) is 0. The molecule has 0 amide bonds. The zero-order chi connectivity index (χ0) is 12.0. The number of nitrogen functional groups attached to an aromatic ring is 1. The first-order chi connectivity index (χ1) is 8.08. The Bertz CT molecular complexity index is 593. The van der Waals surface area contributed by atoms with Crippen molar-refractivity contribution in [2.75, 3.05) is 5.73 Å². The molecule has 0 spiro atoms. The van der Waals surface area contributed by atoms with Crippen LogP contribution in [0.5, 0.6) is 5.75 Å². The molecule has 4 heteroatoms. The van der Waals surface area contributed by atoms with E-state index in [2.05, 4.69) is 10.2 Å². The molecule has 0 radical (unpaired) electrons. The number of nitrogens with two attached hydrogens (primary N) is 1. The van der Waals surface area contributed by atoms with E-state index in [-0.39, 0.29) is 0 Å². The van der Waals surface area contributed by atoms with E-state index in [0.717, 1.165) is 22.6 Å². The maximum absolute atomic E-state index is 5.98. The minimum atomic E-state index is -0.437. The Balaban J connectivity index is 2.33. The predicted octanol–water partition coefficient (Wildman–Crippen LogP) is 2.35. The number of anilines is 1. The molecule has 1 aromatic carbocycles. The Morgan fingerprint density at radius 1 is 1.18 bits per heavy atom. The third kappa shape index (κ3) is 1.45. The Morgan fingerprint density at radius 3 is 2.76 bits per heavy atom. The van der Waals surface area contributed by atoms with Crippen LogP contribution in [-0.4, -0.2) is 10.2 Å². The van der Waals surface area contributed by atoms with Gasteiger partial charge in [0.1, 0.15) is 22.9 Å². The minimum Gasteiger partial charge on any atom is -0.482 e. The average molecular weight is 227 g/mol. The molecular formula is C13H13N3O. The molecule has 2 aromatic rings. The average Bonchev–Trinajstić information content (AvgIpc) is 2.29. The lowest BCUT2D eigenvalue weighted by Gasteiger charge is -2.33. The highest BCUT2D eigenvalue weighted by Crippen LogP contribution is 2.43. The van der Waals surface area contributed by atoms with Crippen LogP contribution in [0.4, 0.5) is 5.82 Å². The van der Waals surface area contributed by atoms with E-state index in [4.69, 9.17) is 10.5 Å². The summed E-state index contributed by atoms with van der Waals surface area (Å²) in [5.41, 5.74) is 8.05. The van der Waals surface area contributed by atoms with Gasteiger partial charge in [0.15, 0.2) is 0 Å². The fourth-order valence-electron chi connectivity index (χ4n) is 2.15. The summed E-state index contributed by atoms with van der Waals surface area (Å²) in [6.45, 7) is 4.01. The Morgan fingerprint density at radius 2 is 1.94 bits per heavy atom. The molecule has 0 unspecified atom stereocenters. The van der Waals surface area contributed by atoms with Gasteiger partial charge in [-0.1, -0.05) is 12.1 Å². The van der Waals surface area contributed by atoms with Gasteiger partial charge >= 0.3 is 0 Å². The van der Waals surface area contributed by atoms with Gasteiger partial charge in [-0.3, -0.25) is 0 Å². The molecule has 1 aliphatic heterocycles. The first kappa shape index (κ1) is 10.1. The summed E-state index contributed by atoms with van der Waals surface area (Å²) < 4.78 is 5.98. The molecule has 1 aromatic heterocycles.